The standard InChI is InChI=1S/C31H30F3N5O4S/c1-19-14-20(2)16-23(15-19)38-28(40)21(3)44-30(38)24-6-4-5-7-25(24)37(29(30)41)18-35-10-12-36(13-11-35)26-9-8-22(31(32,33)34)17-27(26)39(42)43/h4-9,14-17,21H,10-13,18H2,1-3H3/t21-,30+/m1/s1. The van der Waals surface area contributed by atoms with E-state index in [1.807, 2.05) is 68.1 Å². The molecule has 0 aliphatic carbocycles. The Morgan fingerprint density at radius 2 is 1.61 bits per heavy atom. The summed E-state index contributed by atoms with van der Waals surface area (Å²) in [6.07, 6.45) is -4.69. The zero-order valence-electron chi connectivity index (χ0n) is 24.3. The fraction of sp³-hybridized carbons (Fsp3) is 0.355. The van der Waals surface area contributed by atoms with Crippen LogP contribution in [0.5, 0.6) is 0 Å². The number of aryl methyl sites for hydroxylation is 2. The minimum atomic E-state index is -4.69. The molecule has 13 heteroatoms. The smallest absolute Gasteiger partial charge is 0.363 e. The van der Waals surface area contributed by atoms with Gasteiger partial charge in [-0.3, -0.25) is 34.4 Å². The zero-order chi connectivity index (χ0) is 31.6. The maximum absolute atomic E-state index is 14.5. The molecule has 6 rings (SSSR count). The van der Waals surface area contributed by atoms with E-state index < -0.39 is 32.5 Å². The highest BCUT2D eigenvalue weighted by atomic mass is 32.2. The van der Waals surface area contributed by atoms with Crippen LogP contribution >= 0.6 is 11.8 Å². The van der Waals surface area contributed by atoms with E-state index in [1.165, 1.54) is 11.8 Å². The molecule has 2 atom stereocenters. The second kappa shape index (κ2) is 10.8. The first-order valence-corrected chi connectivity index (χ1v) is 15.0. The lowest BCUT2D eigenvalue weighted by Gasteiger charge is -2.38. The summed E-state index contributed by atoms with van der Waals surface area (Å²) in [4.78, 5) is 44.9. The summed E-state index contributed by atoms with van der Waals surface area (Å²) in [5, 5.41) is 11.2. The molecule has 0 radical (unpaired) electrons. The predicted octanol–water partition coefficient (Wildman–Crippen LogP) is 5.68. The van der Waals surface area contributed by atoms with Crippen molar-refractivity contribution < 1.29 is 27.7 Å². The van der Waals surface area contributed by atoms with Crippen LogP contribution in [0.1, 0.15) is 29.2 Å². The largest absolute Gasteiger partial charge is 0.416 e. The van der Waals surface area contributed by atoms with E-state index in [0.29, 0.717) is 43.6 Å². The first-order valence-electron chi connectivity index (χ1n) is 14.2. The molecule has 0 N–H and O–H groups in total. The van der Waals surface area contributed by atoms with Crippen molar-refractivity contribution in [3.05, 3.63) is 93.0 Å². The van der Waals surface area contributed by atoms with Gasteiger partial charge in [-0.05, 0) is 62.2 Å². The summed E-state index contributed by atoms with van der Waals surface area (Å²) in [5.41, 5.74) is 2.54. The number of nitro groups is 1. The quantitative estimate of drug-likeness (QED) is 0.266. The minimum Gasteiger partial charge on any atom is -0.363 e. The maximum Gasteiger partial charge on any atom is 0.416 e. The van der Waals surface area contributed by atoms with Crippen LogP contribution in [-0.4, -0.2) is 59.7 Å². The number of halogens is 3. The van der Waals surface area contributed by atoms with Gasteiger partial charge in [0.05, 0.1) is 28.1 Å². The lowest BCUT2D eigenvalue weighted by atomic mass is 10.0. The molecule has 44 heavy (non-hydrogen) atoms. The second-order valence-corrected chi connectivity index (χ2v) is 12.9. The highest BCUT2D eigenvalue weighted by Gasteiger charge is 2.63. The molecule has 230 valence electrons. The molecular formula is C31H30F3N5O4S. The Hall–Kier alpha value is -4.10. The first kappa shape index (κ1) is 29.9. The fourth-order valence-electron chi connectivity index (χ4n) is 6.40. The third kappa shape index (κ3) is 4.87. The van der Waals surface area contributed by atoms with Crippen LogP contribution in [0.25, 0.3) is 0 Å². The van der Waals surface area contributed by atoms with Crippen LogP contribution in [0.2, 0.25) is 0 Å². The minimum absolute atomic E-state index is 0.128. The fourth-order valence-corrected chi connectivity index (χ4v) is 7.93. The number of nitro benzene ring substituents is 1. The topological polar surface area (TPSA) is 90.2 Å². The van der Waals surface area contributed by atoms with Crippen molar-refractivity contribution in [1.29, 1.82) is 0 Å². The van der Waals surface area contributed by atoms with Gasteiger partial charge in [0.25, 0.3) is 11.6 Å². The van der Waals surface area contributed by atoms with Gasteiger partial charge >= 0.3 is 6.18 Å². The molecule has 3 aliphatic heterocycles. The third-order valence-electron chi connectivity index (χ3n) is 8.34. The number of para-hydroxylation sites is 1. The van der Waals surface area contributed by atoms with Gasteiger partial charge in [-0.25, -0.2) is 0 Å². The number of benzene rings is 3. The Bertz CT molecular complexity index is 1660. The summed E-state index contributed by atoms with van der Waals surface area (Å²) in [5.74, 6) is -0.363. The molecule has 0 bridgehead atoms. The van der Waals surface area contributed by atoms with Gasteiger partial charge in [-0.15, -0.1) is 11.8 Å². The molecule has 3 aliphatic rings. The number of fused-ring (bicyclic) bond motifs is 2. The summed E-state index contributed by atoms with van der Waals surface area (Å²) in [7, 11) is 0. The number of rotatable bonds is 5. The van der Waals surface area contributed by atoms with Gasteiger partial charge in [0, 0.05) is 43.5 Å². The third-order valence-corrected chi connectivity index (χ3v) is 9.82. The molecule has 0 unspecified atom stereocenters. The second-order valence-electron chi connectivity index (χ2n) is 11.4. The monoisotopic (exact) mass is 625 g/mol. The Morgan fingerprint density at radius 3 is 2.25 bits per heavy atom. The summed E-state index contributed by atoms with van der Waals surface area (Å²) >= 11 is 1.33. The van der Waals surface area contributed by atoms with E-state index in [9.17, 15) is 32.9 Å². The number of piperazine rings is 1. The highest BCUT2D eigenvalue weighted by Crippen LogP contribution is 2.58. The number of alkyl halides is 3. The number of carbonyl (C=O) groups excluding carboxylic acids is 2. The Morgan fingerprint density at radius 1 is 0.955 bits per heavy atom. The van der Waals surface area contributed by atoms with Gasteiger partial charge in [-0.1, -0.05) is 24.3 Å². The Labute approximate surface area is 256 Å². The average Bonchev–Trinajstić information content (AvgIpc) is 3.37. The van der Waals surface area contributed by atoms with E-state index >= 15 is 0 Å². The number of anilines is 3. The number of thioether (sulfide) groups is 1. The van der Waals surface area contributed by atoms with Crippen molar-refractivity contribution in [2.45, 2.75) is 37.1 Å². The van der Waals surface area contributed by atoms with Crippen molar-refractivity contribution >= 4 is 46.3 Å². The molecule has 0 aromatic heterocycles. The Balaban J connectivity index is 1.27. The van der Waals surface area contributed by atoms with E-state index in [-0.39, 0.29) is 24.2 Å². The van der Waals surface area contributed by atoms with Crippen molar-refractivity contribution in [3.8, 4) is 0 Å². The van der Waals surface area contributed by atoms with Crippen LogP contribution < -0.4 is 14.7 Å². The van der Waals surface area contributed by atoms with Crippen LogP contribution in [0.3, 0.4) is 0 Å². The van der Waals surface area contributed by atoms with Crippen LogP contribution in [-0.2, 0) is 20.6 Å². The van der Waals surface area contributed by atoms with Gasteiger partial charge in [0.2, 0.25) is 10.8 Å². The van der Waals surface area contributed by atoms with Crippen LogP contribution in [0.4, 0.5) is 35.9 Å². The van der Waals surface area contributed by atoms with E-state index in [0.717, 1.165) is 28.8 Å². The van der Waals surface area contributed by atoms with E-state index in [4.69, 9.17) is 0 Å². The van der Waals surface area contributed by atoms with Crippen molar-refractivity contribution in [2.75, 3.05) is 47.5 Å². The molecule has 2 saturated heterocycles. The van der Waals surface area contributed by atoms with Crippen molar-refractivity contribution in [1.82, 2.24) is 4.90 Å². The molecule has 0 saturated carbocycles. The molecule has 3 aromatic rings. The van der Waals surface area contributed by atoms with Crippen LogP contribution in [0, 0.1) is 24.0 Å². The molecule has 2 amide bonds. The Kier molecular flexibility index (Phi) is 7.36. The maximum atomic E-state index is 14.5. The SMILES string of the molecule is Cc1cc(C)cc(N2C(=O)[C@@H](C)S[C@@]23C(=O)N(CN2CCN(c4ccc(C(F)(F)F)cc4[N+](=O)[O-])CC2)c2ccccc23)c1. The van der Waals surface area contributed by atoms with Gasteiger partial charge < -0.3 is 4.90 Å². The molecule has 3 aromatic carbocycles. The van der Waals surface area contributed by atoms with Crippen molar-refractivity contribution in [2.24, 2.45) is 0 Å². The predicted molar refractivity (Wildman–Crippen MR) is 163 cm³/mol. The van der Waals surface area contributed by atoms with Gasteiger partial charge in [0.1, 0.15) is 5.69 Å². The number of hydrogen-bond donors (Lipinski definition) is 0. The van der Waals surface area contributed by atoms with E-state index in [2.05, 4.69) is 0 Å². The normalized spacial score (nSPS) is 22.3. The van der Waals surface area contributed by atoms with Gasteiger partial charge in [0.15, 0.2) is 0 Å². The number of nitrogens with zero attached hydrogens (tertiary/aromatic N) is 5. The lowest BCUT2D eigenvalue weighted by molar-refractivity contribution is -0.384. The molecule has 2 fully saturated rings. The molecule has 3 heterocycles. The summed E-state index contributed by atoms with van der Waals surface area (Å²) in [6, 6.07) is 15.9. The zero-order valence-corrected chi connectivity index (χ0v) is 25.1. The lowest BCUT2D eigenvalue weighted by Crippen LogP contribution is -2.54. The summed E-state index contributed by atoms with van der Waals surface area (Å²) in [6.45, 7) is 7.42. The van der Waals surface area contributed by atoms with Gasteiger partial charge in [-0.2, -0.15) is 13.2 Å². The van der Waals surface area contributed by atoms with Crippen LogP contribution in [0.15, 0.2) is 60.7 Å². The molecular weight excluding hydrogens is 595 g/mol. The molecule has 9 nitrogen and oxygen atoms in total. The molecule has 1 spiro atoms. The number of carbonyl (C=O) groups is 2. The average molecular weight is 626 g/mol. The van der Waals surface area contributed by atoms with Crippen molar-refractivity contribution in [3.63, 3.8) is 0 Å². The summed E-state index contributed by atoms with van der Waals surface area (Å²) < 4.78 is 39.6. The first-order chi connectivity index (χ1) is 20.8. The number of hydrogen-bond acceptors (Lipinski definition) is 7. The highest BCUT2D eigenvalue weighted by molar-refractivity contribution is 8.03. The van der Waals surface area contributed by atoms with E-state index in [1.54, 1.807) is 14.7 Å². The number of amides is 2.